The first kappa shape index (κ1) is 18.6. The van der Waals surface area contributed by atoms with E-state index in [2.05, 4.69) is 5.48 Å². The monoisotopic (exact) mass is 383 g/mol. The molecule has 4 atom stereocenters. The lowest BCUT2D eigenvalue weighted by Crippen LogP contribution is -2.38. The van der Waals surface area contributed by atoms with E-state index in [1.807, 2.05) is 36.4 Å². The molecule has 2 fully saturated rings. The maximum atomic E-state index is 12.2. The Morgan fingerprint density at radius 3 is 2.54 bits per heavy atom. The number of esters is 2. The molecule has 2 saturated heterocycles. The Bertz CT molecular complexity index is 812. The summed E-state index contributed by atoms with van der Waals surface area (Å²) >= 11 is 0. The van der Waals surface area contributed by atoms with Gasteiger partial charge in [-0.3, -0.25) is 9.63 Å². The summed E-state index contributed by atoms with van der Waals surface area (Å²) in [6, 6.07) is 18.4. The molecule has 146 valence electrons. The van der Waals surface area contributed by atoms with Crippen LogP contribution in [0, 0.1) is 5.92 Å². The van der Waals surface area contributed by atoms with E-state index in [-0.39, 0.29) is 24.9 Å². The van der Waals surface area contributed by atoms with Crippen molar-refractivity contribution in [1.82, 2.24) is 5.48 Å². The van der Waals surface area contributed by atoms with E-state index in [9.17, 15) is 9.59 Å². The van der Waals surface area contributed by atoms with Gasteiger partial charge in [0.25, 0.3) is 0 Å². The van der Waals surface area contributed by atoms with Gasteiger partial charge in [-0.25, -0.2) is 4.79 Å². The number of benzene rings is 2. The Labute approximate surface area is 162 Å². The van der Waals surface area contributed by atoms with Gasteiger partial charge in [0, 0.05) is 5.92 Å². The Balaban J connectivity index is 1.32. The predicted octanol–water partition coefficient (Wildman–Crippen LogP) is 2.22. The van der Waals surface area contributed by atoms with Gasteiger partial charge in [-0.2, -0.15) is 5.48 Å². The third kappa shape index (κ3) is 4.22. The van der Waals surface area contributed by atoms with Crippen LogP contribution >= 0.6 is 0 Å². The van der Waals surface area contributed by atoms with Crippen LogP contribution in [0.5, 0.6) is 0 Å². The van der Waals surface area contributed by atoms with Crippen LogP contribution in [-0.4, -0.2) is 37.0 Å². The lowest BCUT2D eigenvalue weighted by molar-refractivity contribution is -0.158. The zero-order valence-corrected chi connectivity index (χ0v) is 15.2. The lowest BCUT2D eigenvalue weighted by Gasteiger charge is -2.18. The normalized spacial score (nSPS) is 25.9. The molecule has 28 heavy (non-hydrogen) atoms. The first-order valence-corrected chi connectivity index (χ1v) is 9.19. The molecule has 0 amide bonds. The molecule has 0 aliphatic carbocycles. The van der Waals surface area contributed by atoms with Crippen LogP contribution in [0.15, 0.2) is 60.7 Å². The van der Waals surface area contributed by atoms with E-state index in [1.165, 1.54) is 0 Å². The highest BCUT2D eigenvalue weighted by molar-refractivity contribution is 5.89. The van der Waals surface area contributed by atoms with Crippen molar-refractivity contribution >= 4 is 11.9 Å². The van der Waals surface area contributed by atoms with Crippen molar-refractivity contribution in [2.24, 2.45) is 5.92 Å². The number of hydrogen-bond donors (Lipinski definition) is 1. The largest absolute Gasteiger partial charge is 0.459 e. The highest BCUT2D eigenvalue weighted by Gasteiger charge is 2.52. The molecule has 4 rings (SSSR count). The number of rotatable bonds is 7. The zero-order chi connectivity index (χ0) is 19.3. The number of hydrogen-bond acceptors (Lipinski definition) is 7. The van der Waals surface area contributed by atoms with Crippen molar-refractivity contribution in [2.45, 2.75) is 31.5 Å². The van der Waals surface area contributed by atoms with Gasteiger partial charge in [-0.05, 0) is 17.7 Å². The second-order valence-corrected chi connectivity index (χ2v) is 6.77. The molecule has 2 aromatic carbocycles. The summed E-state index contributed by atoms with van der Waals surface area (Å²) in [5, 5.41) is 0. The summed E-state index contributed by atoms with van der Waals surface area (Å²) < 4.78 is 16.7. The number of nitrogens with one attached hydrogen (secondary N) is 1. The standard InChI is InChI=1S/C21H21NO6/c23-18-11-16-17(13-25-21(24)15-9-5-2-6-10-15)27-20(19(16)28-18)22-26-12-14-7-3-1-4-8-14/h1-10,16-17,19-20,22H,11-13H2/t16-,17+,19-,20?/m1/s1. The van der Waals surface area contributed by atoms with Gasteiger partial charge in [0.05, 0.1) is 18.6 Å². The molecule has 2 aliphatic heterocycles. The molecule has 2 heterocycles. The minimum absolute atomic E-state index is 0.0440. The summed E-state index contributed by atoms with van der Waals surface area (Å²) in [5.41, 5.74) is 4.30. The number of carbonyl (C=O) groups excluding carboxylic acids is 2. The summed E-state index contributed by atoms with van der Waals surface area (Å²) in [7, 11) is 0. The van der Waals surface area contributed by atoms with Crippen molar-refractivity contribution < 1.29 is 28.6 Å². The van der Waals surface area contributed by atoms with E-state index >= 15 is 0 Å². The SMILES string of the molecule is O=C1C[C@@H]2[C@H](COC(=O)c3ccccc3)OC(NOCc3ccccc3)[C@@H]2O1. The second kappa shape index (κ2) is 8.52. The van der Waals surface area contributed by atoms with Gasteiger partial charge < -0.3 is 14.2 Å². The molecule has 0 bridgehead atoms. The quantitative estimate of drug-likeness (QED) is 0.580. The molecule has 7 heteroatoms. The number of hydroxylamine groups is 1. The van der Waals surface area contributed by atoms with E-state index < -0.39 is 24.4 Å². The van der Waals surface area contributed by atoms with Crippen LogP contribution in [-0.2, 0) is 30.4 Å². The fraction of sp³-hybridized carbons (Fsp3) is 0.333. The Kier molecular flexibility index (Phi) is 5.66. The number of fused-ring (bicyclic) bond motifs is 1. The molecule has 1 N–H and O–H groups in total. The molecule has 0 aromatic heterocycles. The average Bonchev–Trinajstić information content (AvgIpc) is 3.26. The van der Waals surface area contributed by atoms with Crippen molar-refractivity contribution in [3.8, 4) is 0 Å². The summed E-state index contributed by atoms with van der Waals surface area (Å²) in [6.07, 6.45) is -1.29. The third-order valence-corrected chi connectivity index (χ3v) is 4.86. The van der Waals surface area contributed by atoms with Gasteiger partial charge >= 0.3 is 11.9 Å². The Hall–Kier alpha value is -2.74. The van der Waals surface area contributed by atoms with Gasteiger partial charge in [0.1, 0.15) is 18.8 Å². The fourth-order valence-corrected chi connectivity index (χ4v) is 3.45. The molecule has 0 spiro atoms. The maximum Gasteiger partial charge on any atom is 0.338 e. The molecule has 2 aliphatic rings. The van der Waals surface area contributed by atoms with Crippen LogP contribution in [0.1, 0.15) is 22.3 Å². The van der Waals surface area contributed by atoms with Crippen molar-refractivity contribution in [1.29, 1.82) is 0 Å². The first-order valence-electron chi connectivity index (χ1n) is 9.19. The molecule has 7 nitrogen and oxygen atoms in total. The molecular weight excluding hydrogens is 362 g/mol. The summed E-state index contributed by atoms with van der Waals surface area (Å²) in [6.45, 7) is 0.391. The minimum Gasteiger partial charge on any atom is -0.459 e. The molecule has 0 radical (unpaired) electrons. The van der Waals surface area contributed by atoms with Crippen LogP contribution in [0.4, 0.5) is 0 Å². The topological polar surface area (TPSA) is 83.1 Å². The summed E-state index contributed by atoms with van der Waals surface area (Å²) in [5.74, 6) is -0.899. The third-order valence-electron chi connectivity index (χ3n) is 4.86. The van der Waals surface area contributed by atoms with Crippen molar-refractivity contribution in [3.63, 3.8) is 0 Å². The lowest BCUT2D eigenvalue weighted by atomic mass is 9.97. The molecule has 1 unspecified atom stereocenters. The highest BCUT2D eigenvalue weighted by Crippen LogP contribution is 2.36. The van der Waals surface area contributed by atoms with Crippen LogP contribution in [0.3, 0.4) is 0 Å². The zero-order valence-electron chi connectivity index (χ0n) is 15.2. The highest BCUT2D eigenvalue weighted by atomic mass is 16.7. The second-order valence-electron chi connectivity index (χ2n) is 6.77. The van der Waals surface area contributed by atoms with Crippen LogP contribution in [0.2, 0.25) is 0 Å². The Morgan fingerprint density at radius 1 is 1.07 bits per heavy atom. The molecule has 2 aromatic rings. The van der Waals surface area contributed by atoms with Crippen molar-refractivity contribution in [2.75, 3.05) is 6.61 Å². The van der Waals surface area contributed by atoms with Gasteiger partial charge in [0.2, 0.25) is 0 Å². The first-order chi connectivity index (χ1) is 13.7. The predicted molar refractivity (Wildman–Crippen MR) is 97.7 cm³/mol. The smallest absolute Gasteiger partial charge is 0.338 e. The molecule has 0 saturated carbocycles. The van der Waals surface area contributed by atoms with Gasteiger partial charge in [0.15, 0.2) is 6.23 Å². The van der Waals surface area contributed by atoms with Gasteiger partial charge in [-0.15, -0.1) is 0 Å². The summed E-state index contributed by atoms with van der Waals surface area (Å²) in [4.78, 5) is 29.4. The van der Waals surface area contributed by atoms with E-state index in [0.717, 1.165) is 5.56 Å². The Morgan fingerprint density at radius 2 is 1.79 bits per heavy atom. The molecular formula is C21H21NO6. The number of carbonyl (C=O) groups is 2. The van der Waals surface area contributed by atoms with Crippen LogP contribution in [0.25, 0.3) is 0 Å². The van der Waals surface area contributed by atoms with Crippen LogP contribution < -0.4 is 5.48 Å². The van der Waals surface area contributed by atoms with Crippen molar-refractivity contribution in [3.05, 3.63) is 71.8 Å². The number of ether oxygens (including phenoxy) is 3. The average molecular weight is 383 g/mol. The van der Waals surface area contributed by atoms with E-state index in [4.69, 9.17) is 19.0 Å². The van der Waals surface area contributed by atoms with Gasteiger partial charge in [-0.1, -0.05) is 48.5 Å². The van der Waals surface area contributed by atoms with E-state index in [1.54, 1.807) is 24.3 Å². The fourth-order valence-electron chi connectivity index (χ4n) is 3.45. The minimum atomic E-state index is -0.611. The maximum absolute atomic E-state index is 12.2. The van der Waals surface area contributed by atoms with E-state index in [0.29, 0.717) is 12.2 Å².